The van der Waals surface area contributed by atoms with Gasteiger partial charge in [-0.1, -0.05) is 20.8 Å². The predicted molar refractivity (Wildman–Crippen MR) is 85.4 cm³/mol. The van der Waals surface area contributed by atoms with Crippen molar-refractivity contribution < 1.29 is 32.2 Å². The monoisotopic (exact) mass is 363 g/mol. The highest BCUT2D eigenvalue weighted by Crippen LogP contribution is 2.39. The van der Waals surface area contributed by atoms with Crippen molar-refractivity contribution >= 4 is 11.9 Å². The molecule has 1 aliphatic rings. The SMILES string of the molecule is CCOC(=O)C1=C(CC(C)C)C(C(=O)OC)=C(C(F)(F)F)NC1CC. The topological polar surface area (TPSA) is 64.6 Å². The van der Waals surface area contributed by atoms with Gasteiger partial charge >= 0.3 is 18.1 Å². The molecule has 0 bridgehead atoms. The van der Waals surface area contributed by atoms with Crippen molar-refractivity contribution in [2.75, 3.05) is 13.7 Å². The molecule has 1 atom stereocenters. The normalized spacial score (nSPS) is 18.4. The second-order valence-electron chi connectivity index (χ2n) is 6.06. The Morgan fingerprint density at radius 3 is 2.20 bits per heavy atom. The van der Waals surface area contributed by atoms with Gasteiger partial charge in [0.1, 0.15) is 5.70 Å². The number of dihydropyridines is 1. The molecule has 1 unspecified atom stereocenters. The van der Waals surface area contributed by atoms with Gasteiger partial charge < -0.3 is 14.8 Å². The zero-order chi connectivity index (χ0) is 19.4. The molecule has 1 heterocycles. The Hall–Kier alpha value is -1.99. The number of rotatable bonds is 6. The minimum absolute atomic E-state index is 0.0400. The van der Waals surface area contributed by atoms with Crippen LogP contribution >= 0.6 is 0 Å². The first-order chi connectivity index (χ1) is 11.6. The first-order valence-corrected chi connectivity index (χ1v) is 8.15. The fraction of sp³-hybridized carbons (Fsp3) is 0.647. The van der Waals surface area contributed by atoms with Gasteiger partial charge in [0, 0.05) is 0 Å². The molecule has 0 aromatic rings. The molecular formula is C17H24F3NO4. The third-order valence-electron chi connectivity index (χ3n) is 3.73. The van der Waals surface area contributed by atoms with Gasteiger partial charge in [-0.25, -0.2) is 9.59 Å². The fourth-order valence-corrected chi connectivity index (χ4v) is 2.77. The van der Waals surface area contributed by atoms with E-state index in [0.29, 0.717) is 0 Å². The van der Waals surface area contributed by atoms with Crippen molar-refractivity contribution in [2.24, 2.45) is 5.92 Å². The van der Waals surface area contributed by atoms with E-state index >= 15 is 0 Å². The highest BCUT2D eigenvalue weighted by atomic mass is 19.4. The van der Waals surface area contributed by atoms with Crippen LogP contribution in [0.15, 0.2) is 22.4 Å². The summed E-state index contributed by atoms with van der Waals surface area (Å²) in [5.41, 5.74) is -1.71. The second kappa shape index (κ2) is 8.40. The molecule has 142 valence electrons. The van der Waals surface area contributed by atoms with Crippen LogP contribution in [0.2, 0.25) is 0 Å². The highest BCUT2D eigenvalue weighted by Gasteiger charge is 2.46. The molecule has 0 aliphatic carbocycles. The molecule has 0 aromatic carbocycles. The first-order valence-electron chi connectivity index (χ1n) is 8.15. The molecule has 1 aliphatic heterocycles. The van der Waals surface area contributed by atoms with Crippen LogP contribution in [-0.2, 0) is 19.1 Å². The number of ether oxygens (including phenoxy) is 2. The zero-order valence-electron chi connectivity index (χ0n) is 15.0. The summed E-state index contributed by atoms with van der Waals surface area (Å²) in [5, 5.41) is 2.30. The van der Waals surface area contributed by atoms with Crippen LogP contribution in [0.5, 0.6) is 0 Å². The summed E-state index contributed by atoms with van der Waals surface area (Å²) in [4.78, 5) is 24.5. The van der Waals surface area contributed by atoms with Gasteiger partial charge in [0.05, 0.1) is 30.9 Å². The molecular weight excluding hydrogens is 339 g/mol. The zero-order valence-corrected chi connectivity index (χ0v) is 15.0. The van der Waals surface area contributed by atoms with Crippen molar-refractivity contribution in [3.05, 3.63) is 22.4 Å². The molecule has 1 rings (SSSR count). The van der Waals surface area contributed by atoms with E-state index in [2.05, 4.69) is 10.1 Å². The number of halogens is 3. The van der Waals surface area contributed by atoms with Crippen molar-refractivity contribution in [1.29, 1.82) is 0 Å². The summed E-state index contributed by atoms with van der Waals surface area (Å²) in [6, 6.07) is -0.891. The van der Waals surface area contributed by atoms with Crippen molar-refractivity contribution in [2.45, 2.75) is 52.8 Å². The molecule has 0 amide bonds. The van der Waals surface area contributed by atoms with E-state index in [1.54, 1.807) is 27.7 Å². The Morgan fingerprint density at radius 1 is 1.20 bits per heavy atom. The highest BCUT2D eigenvalue weighted by molar-refractivity contribution is 6.01. The number of carbonyl (C=O) groups excluding carboxylic acids is 2. The molecule has 5 nitrogen and oxygen atoms in total. The van der Waals surface area contributed by atoms with Gasteiger partial charge in [-0.15, -0.1) is 0 Å². The quantitative estimate of drug-likeness (QED) is 0.734. The summed E-state index contributed by atoms with van der Waals surface area (Å²) >= 11 is 0. The molecule has 25 heavy (non-hydrogen) atoms. The van der Waals surface area contributed by atoms with Crippen LogP contribution in [0.3, 0.4) is 0 Å². The predicted octanol–water partition coefficient (Wildman–Crippen LogP) is 3.26. The minimum atomic E-state index is -4.78. The molecule has 0 radical (unpaired) electrons. The Balaban J connectivity index is 3.76. The Labute approximate surface area is 145 Å². The van der Waals surface area contributed by atoms with E-state index < -0.39 is 35.4 Å². The van der Waals surface area contributed by atoms with Crippen LogP contribution in [0.4, 0.5) is 13.2 Å². The van der Waals surface area contributed by atoms with Crippen molar-refractivity contribution in [3.8, 4) is 0 Å². The first kappa shape index (κ1) is 21.1. The van der Waals surface area contributed by atoms with Crippen LogP contribution < -0.4 is 5.32 Å². The summed E-state index contributed by atoms with van der Waals surface area (Å²) < 4.78 is 50.1. The Morgan fingerprint density at radius 2 is 1.80 bits per heavy atom. The van der Waals surface area contributed by atoms with Gasteiger partial charge in [-0.2, -0.15) is 13.2 Å². The maximum absolute atomic E-state index is 13.5. The third-order valence-corrected chi connectivity index (χ3v) is 3.73. The molecule has 0 fully saturated rings. The van der Waals surface area contributed by atoms with Gasteiger partial charge in [0.15, 0.2) is 0 Å². The number of methoxy groups -OCH3 is 1. The fourth-order valence-electron chi connectivity index (χ4n) is 2.77. The molecule has 0 saturated heterocycles. The number of carbonyl (C=O) groups is 2. The standard InChI is InChI=1S/C17H24F3NO4/c1-6-11-12(16(23)25-7-2)10(8-9(3)4)13(15(22)24-5)14(21-11)17(18,19)20/h9,11,21H,6-8H2,1-5H3. The Bertz CT molecular complexity index is 591. The van der Waals surface area contributed by atoms with Crippen molar-refractivity contribution in [3.63, 3.8) is 0 Å². The lowest BCUT2D eigenvalue weighted by Crippen LogP contribution is -2.44. The van der Waals surface area contributed by atoms with E-state index in [1.807, 2.05) is 0 Å². The lowest BCUT2D eigenvalue weighted by molar-refractivity contribution is -0.139. The average Bonchev–Trinajstić information content (AvgIpc) is 2.51. The van der Waals surface area contributed by atoms with E-state index in [9.17, 15) is 22.8 Å². The number of nitrogens with one attached hydrogen (secondary N) is 1. The van der Waals surface area contributed by atoms with E-state index in [0.717, 1.165) is 7.11 Å². The molecule has 0 spiro atoms. The number of hydrogen-bond donors (Lipinski definition) is 1. The van der Waals surface area contributed by atoms with Gasteiger partial charge in [-0.3, -0.25) is 0 Å². The molecule has 0 aromatic heterocycles. The maximum Gasteiger partial charge on any atom is 0.431 e. The summed E-state index contributed by atoms with van der Waals surface area (Å²) in [5.74, 6) is -1.93. The molecule has 1 N–H and O–H groups in total. The van der Waals surface area contributed by atoms with Crippen LogP contribution in [0.1, 0.15) is 40.5 Å². The number of alkyl halides is 3. The van der Waals surface area contributed by atoms with E-state index in [1.165, 1.54) is 0 Å². The summed E-state index contributed by atoms with van der Waals surface area (Å²) in [6.45, 7) is 6.93. The smallest absolute Gasteiger partial charge is 0.431 e. The third kappa shape index (κ3) is 4.76. The average molecular weight is 363 g/mol. The lowest BCUT2D eigenvalue weighted by Gasteiger charge is -2.33. The van der Waals surface area contributed by atoms with Crippen molar-refractivity contribution in [1.82, 2.24) is 5.32 Å². The number of allylic oxidation sites excluding steroid dienone is 1. The van der Waals surface area contributed by atoms with Gasteiger partial charge in [0.2, 0.25) is 0 Å². The molecule has 0 saturated carbocycles. The Kier molecular flexibility index (Phi) is 7.07. The van der Waals surface area contributed by atoms with E-state index in [-0.39, 0.29) is 36.5 Å². The van der Waals surface area contributed by atoms with Gasteiger partial charge in [-0.05, 0) is 31.3 Å². The van der Waals surface area contributed by atoms with Gasteiger partial charge in [0.25, 0.3) is 0 Å². The van der Waals surface area contributed by atoms with Crippen LogP contribution in [0.25, 0.3) is 0 Å². The van der Waals surface area contributed by atoms with E-state index in [4.69, 9.17) is 4.74 Å². The second-order valence-corrected chi connectivity index (χ2v) is 6.06. The summed E-state index contributed by atoms with van der Waals surface area (Å²) in [6.07, 6.45) is -4.43. The molecule has 8 heteroatoms. The lowest BCUT2D eigenvalue weighted by atomic mass is 9.83. The number of hydrogen-bond acceptors (Lipinski definition) is 5. The minimum Gasteiger partial charge on any atom is -0.465 e. The largest absolute Gasteiger partial charge is 0.465 e. The number of esters is 2. The van der Waals surface area contributed by atoms with Crippen LogP contribution in [-0.4, -0.2) is 37.9 Å². The maximum atomic E-state index is 13.5. The van der Waals surface area contributed by atoms with Crippen LogP contribution in [0, 0.1) is 5.92 Å². The summed E-state index contributed by atoms with van der Waals surface area (Å²) in [7, 11) is 1.01.